The number of piperidine rings is 1. The molecule has 1 aliphatic rings. The minimum Gasteiger partial charge on any atom is -0.348 e. The van der Waals surface area contributed by atoms with E-state index in [1.807, 2.05) is 29.6 Å². The fraction of sp³-hybridized carbons (Fsp3) is 0.250. The van der Waals surface area contributed by atoms with Crippen LogP contribution in [0.1, 0.15) is 12.8 Å². The van der Waals surface area contributed by atoms with Crippen molar-refractivity contribution >= 4 is 34.7 Å². The topological polar surface area (TPSA) is 95.9 Å². The number of thiazole rings is 1. The largest absolute Gasteiger partial charge is 0.348 e. The quantitative estimate of drug-likeness (QED) is 0.605. The molecule has 0 unspecified atom stereocenters. The summed E-state index contributed by atoms with van der Waals surface area (Å²) in [6.45, 7) is 4.91. The molecule has 0 saturated carbocycles. The first-order valence-electron chi connectivity index (χ1n) is 9.36. The molecule has 29 heavy (non-hydrogen) atoms. The number of hydrogen-bond donors (Lipinski definition) is 2. The maximum atomic E-state index is 11.8. The number of carbonyl (C=O) groups is 1. The van der Waals surface area contributed by atoms with Gasteiger partial charge in [0.1, 0.15) is 5.01 Å². The Bertz CT molecular complexity index is 975. The molecular formula is C20H21N7OS. The molecule has 0 bridgehead atoms. The summed E-state index contributed by atoms with van der Waals surface area (Å²) in [6, 6.07) is 8.07. The number of carbonyl (C=O) groups excluding carboxylic acids is 1. The van der Waals surface area contributed by atoms with E-state index in [0.29, 0.717) is 18.3 Å². The van der Waals surface area contributed by atoms with E-state index in [1.165, 1.54) is 6.08 Å². The molecule has 1 aliphatic heterocycles. The van der Waals surface area contributed by atoms with Crippen LogP contribution < -0.4 is 10.6 Å². The van der Waals surface area contributed by atoms with Crippen molar-refractivity contribution < 1.29 is 4.79 Å². The molecule has 1 atom stereocenters. The first kappa shape index (κ1) is 19.0. The lowest BCUT2D eigenvalue weighted by atomic mass is 10.1. The first-order valence-corrected chi connectivity index (χ1v) is 10.2. The van der Waals surface area contributed by atoms with Crippen LogP contribution in [0, 0.1) is 0 Å². The normalized spacial score (nSPS) is 16.3. The maximum Gasteiger partial charge on any atom is 0.246 e. The Morgan fingerprint density at radius 1 is 1.31 bits per heavy atom. The van der Waals surface area contributed by atoms with E-state index in [4.69, 9.17) is 0 Å². The van der Waals surface area contributed by atoms with Crippen LogP contribution in [0.15, 0.2) is 54.7 Å². The van der Waals surface area contributed by atoms with Gasteiger partial charge in [-0.2, -0.15) is 10.1 Å². The molecule has 0 radical (unpaired) electrons. The molecule has 2 N–H and O–H groups in total. The number of hydrogen-bond acceptors (Lipinski definition) is 8. The van der Waals surface area contributed by atoms with Gasteiger partial charge in [-0.05, 0) is 43.2 Å². The highest BCUT2D eigenvalue weighted by atomic mass is 32.1. The molecule has 1 amide bonds. The van der Waals surface area contributed by atoms with Crippen molar-refractivity contribution in [1.29, 1.82) is 0 Å². The molecule has 0 aliphatic carbocycles. The third kappa shape index (κ3) is 4.75. The average molecular weight is 408 g/mol. The number of benzene rings is 1. The third-order valence-electron chi connectivity index (χ3n) is 4.64. The van der Waals surface area contributed by atoms with Crippen LogP contribution >= 0.6 is 11.3 Å². The predicted molar refractivity (Wildman–Crippen MR) is 114 cm³/mol. The lowest BCUT2D eigenvalue weighted by molar-refractivity contribution is -0.127. The Morgan fingerprint density at radius 3 is 2.93 bits per heavy atom. The highest BCUT2D eigenvalue weighted by Crippen LogP contribution is 2.24. The summed E-state index contributed by atoms with van der Waals surface area (Å²) in [6.07, 6.45) is 6.60. The van der Waals surface area contributed by atoms with E-state index in [9.17, 15) is 4.79 Å². The summed E-state index contributed by atoms with van der Waals surface area (Å²) >= 11 is 1.61. The van der Waals surface area contributed by atoms with Crippen LogP contribution in [0.3, 0.4) is 0 Å². The van der Waals surface area contributed by atoms with Crippen LogP contribution in [0.5, 0.6) is 0 Å². The minimum absolute atomic E-state index is 0.0489. The molecule has 8 nitrogen and oxygen atoms in total. The van der Waals surface area contributed by atoms with Crippen molar-refractivity contribution in [3.05, 3.63) is 54.7 Å². The smallest absolute Gasteiger partial charge is 0.246 e. The lowest BCUT2D eigenvalue weighted by Gasteiger charge is -2.32. The fourth-order valence-electron chi connectivity index (χ4n) is 3.24. The Labute approximate surface area is 172 Å². The van der Waals surface area contributed by atoms with E-state index in [1.54, 1.807) is 28.6 Å². The summed E-state index contributed by atoms with van der Waals surface area (Å²) < 4.78 is 0. The fourth-order valence-corrected chi connectivity index (χ4v) is 3.89. The number of nitrogens with zero attached hydrogens (tertiary/aromatic N) is 5. The molecule has 1 aromatic carbocycles. The van der Waals surface area contributed by atoms with Gasteiger partial charge >= 0.3 is 0 Å². The summed E-state index contributed by atoms with van der Waals surface area (Å²) in [5.41, 5.74) is 1.97. The lowest BCUT2D eigenvalue weighted by Crippen LogP contribution is -2.44. The second-order valence-electron chi connectivity index (χ2n) is 6.68. The summed E-state index contributed by atoms with van der Waals surface area (Å²) in [7, 11) is 0. The zero-order valence-electron chi connectivity index (χ0n) is 15.8. The van der Waals surface area contributed by atoms with Gasteiger partial charge in [0.2, 0.25) is 11.9 Å². The highest BCUT2D eigenvalue weighted by molar-refractivity contribution is 7.13. The summed E-state index contributed by atoms with van der Waals surface area (Å²) in [4.78, 5) is 22.4. The molecule has 148 valence electrons. The van der Waals surface area contributed by atoms with Crippen molar-refractivity contribution in [2.24, 2.45) is 0 Å². The molecule has 9 heteroatoms. The molecule has 1 fully saturated rings. The van der Waals surface area contributed by atoms with Gasteiger partial charge in [0.15, 0.2) is 5.82 Å². The minimum atomic E-state index is -0.0489. The second-order valence-corrected chi connectivity index (χ2v) is 7.57. The first-order chi connectivity index (χ1) is 14.2. The number of aromatic nitrogens is 4. The van der Waals surface area contributed by atoms with Crippen LogP contribution in [0.4, 0.5) is 17.5 Å². The molecule has 1 saturated heterocycles. The predicted octanol–water partition coefficient (Wildman–Crippen LogP) is 3.33. The average Bonchev–Trinajstić information content (AvgIpc) is 3.29. The Kier molecular flexibility index (Phi) is 5.76. The summed E-state index contributed by atoms with van der Waals surface area (Å²) in [5.74, 6) is 0.985. The van der Waals surface area contributed by atoms with E-state index >= 15 is 0 Å². The maximum absolute atomic E-state index is 11.8. The van der Waals surface area contributed by atoms with Crippen molar-refractivity contribution in [2.75, 3.05) is 23.7 Å². The zero-order valence-corrected chi connectivity index (χ0v) is 16.6. The molecule has 3 aromatic rings. The number of rotatable bonds is 6. The number of anilines is 3. The number of nitrogens with one attached hydrogen (secondary N) is 2. The van der Waals surface area contributed by atoms with Crippen molar-refractivity contribution in [2.45, 2.75) is 18.9 Å². The molecular weight excluding hydrogens is 386 g/mol. The van der Waals surface area contributed by atoms with Crippen molar-refractivity contribution in [3.63, 3.8) is 0 Å². The van der Waals surface area contributed by atoms with Gasteiger partial charge in [0.25, 0.3) is 0 Å². The van der Waals surface area contributed by atoms with Gasteiger partial charge < -0.3 is 15.5 Å². The van der Waals surface area contributed by atoms with Gasteiger partial charge in [-0.1, -0.05) is 6.58 Å². The highest BCUT2D eigenvalue weighted by Gasteiger charge is 2.22. The van der Waals surface area contributed by atoms with Crippen LogP contribution in [0.25, 0.3) is 10.6 Å². The van der Waals surface area contributed by atoms with Gasteiger partial charge in [-0.15, -0.1) is 16.4 Å². The monoisotopic (exact) mass is 407 g/mol. The Morgan fingerprint density at radius 2 is 2.17 bits per heavy atom. The van der Waals surface area contributed by atoms with Crippen LogP contribution in [-0.4, -0.2) is 50.1 Å². The van der Waals surface area contributed by atoms with E-state index in [2.05, 4.69) is 37.4 Å². The van der Waals surface area contributed by atoms with E-state index in [0.717, 1.165) is 35.6 Å². The van der Waals surface area contributed by atoms with Gasteiger partial charge in [0.05, 0.1) is 6.20 Å². The number of amides is 1. The van der Waals surface area contributed by atoms with E-state index in [-0.39, 0.29) is 11.9 Å². The van der Waals surface area contributed by atoms with Crippen LogP contribution in [-0.2, 0) is 4.79 Å². The van der Waals surface area contributed by atoms with Gasteiger partial charge in [-0.25, -0.2) is 4.98 Å². The SMILES string of the molecule is C=CC(=O)N1CCC[C@@H](Nc2nncc(Nc3ccc(-c4nccs4)cc3)n2)C1. The van der Waals surface area contributed by atoms with E-state index < -0.39 is 0 Å². The molecule has 0 spiro atoms. The summed E-state index contributed by atoms with van der Waals surface area (Å²) in [5, 5.41) is 17.6. The molecule has 3 heterocycles. The number of likely N-dealkylation sites (tertiary alicyclic amines) is 1. The third-order valence-corrected chi connectivity index (χ3v) is 5.46. The van der Waals surface area contributed by atoms with Gasteiger partial charge in [-0.3, -0.25) is 4.79 Å². The molecule has 4 rings (SSSR count). The second kappa shape index (κ2) is 8.78. The Balaban J connectivity index is 1.40. The standard InChI is InChI=1S/C20H21N7OS/c1-2-18(28)27-10-3-4-16(13-27)24-20-25-17(12-22-26-20)23-15-7-5-14(6-8-15)19-21-9-11-29-19/h2,5-9,11-12,16H,1,3-4,10,13H2,(H2,23,24,25,26)/t16-/m1/s1. The van der Waals surface area contributed by atoms with Crippen LogP contribution in [0.2, 0.25) is 0 Å². The van der Waals surface area contributed by atoms with Crippen molar-refractivity contribution in [1.82, 2.24) is 25.1 Å². The Hall–Kier alpha value is -3.33. The van der Waals surface area contributed by atoms with Gasteiger partial charge in [0, 0.05) is 42.0 Å². The zero-order chi connectivity index (χ0) is 20.1. The molecule has 2 aromatic heterocycles. The van der Waals surface area contributed by atoms with Crippen molar-refractivity contribution in [3.8, 4) is 10.6 Å².